The van der Waals surface area contributed by atoms with Gasteiger partial charge in [0.1, 0.15) is 5.75 Å². The monoisotopic (exact) mass is 313 g/mol. The van der Waals surface area contributed by atoms with E-state index in [1.54, 1.807) is 24.3 Å². The summed E-state index contributed by atoms with van der Waals surface area (Å²) in [5.41, 5.74) is 0. The predicted molar refractivity (Wildman–Crippen MR) is 84.9 cm³/mol. The summed E-state index contributed by atoms with van der Waals surface area (Å²) in [7, 11) is 0. The Labute approximate surface area is 131 Å². The van der Waals surface area contributed by atoms with Crippen molar-refractivity contribution in [3.63, 3.8) is 0 Å². The number of carbonyl (C=O) groups excluding carboxylic acids is 1. The highest BCUT2D eigenvalue weighted by atomic mass is 35.5. The van der Waals surface area contributed by atoms with Crippen LogP contribution in [0.25, 0.3) is 0 Å². The maximum atomic E-state index is 12.1. The van der Waals surface area contributed by atoms with Gasteiger partial charge in [-0.15, -0.1) is 0 Å². The van der Waals surface area contributed by atoms with E-state index in [0.29, 0.717) is 30.3 Å². The number of halogens is 1. The molecular weight excluding hydrogens is 290 g/mol. The zero-order valence-corrected chi connectivity index (χ0v) is 13.7. The molecular formula is C16H24ClNO3. The lowest BCUT2D eigenvalue weighted by atomic mass is 10.2. The van der Waals surface area contributed by atoms with Crippen LogP contribution in [-0.4, -0.2) is 31.3 Å². The zero-order chi connectivity index (χ0) is 15.7. The van der Waals surface area contributed by atoms with E-state index < -0.39 is 6.10 Å². The normalized spacial score (nSPS) is 12.2. The van der Waals surface area contributed by atoms with E-state index in [4.69, 9.17) is 21.1 Å². The van der Waals surface area contributed by atoms with Crippen molar-refractivity contribution in [1.29, 1.82) is 0 Å². The van der Waals surface area contributed by atoms with E-state index in [0.717, 1.165) is 6.42 Å². The van der Waals surface area contributed by atoms with Crippen molar-refractivity contribution in [3.8, 4) is 5.75 Å². The standard InChI is InChI=1S/C16H24ClNO3/c1-4-15(21-14-8-5-7-13(17)11-14)16(19)18-9-6-10-20-12(2)3/h5,7-8,11-12,15H,4,6,9-10H2,1-3H3,(H,18,19)/t15-/m1/s1. The average Bonchev–Trinajstić information content (AvgIpc) is 2.44. The number of ether oxygens (including phenoxy) is 2. The van der Waals surface area contributed by atoms with Crippen molar-refractivity contribution < 1.29 is 14.3 Å². The molecule has 1 N–H and O–H groups in total. The highest BCUT2D eigenvalue weighted by Crippen LogP contribution is 2.19. The molecule has 1 atom stereocenters. The van der Waals surface area contributed by atoms with Gasteiger partial charge < -0.3 is 14.8 Å². The highest BCUT2D eigenvalue weighted by Gasteiger charge is 2.17. The molecule has 1 amide bonds. The quantitative estimate of drug-likeness (QED) is 0.711. The molecule has 0 radical (unpaired) electrons. The van der Waals surface area contributed by atoms with Gasteiger partial charge in [0.15, 0.2) is 6.10 Å². The zero-order valence-electron chi connectivity index (χ0n) is 12.9. The average molecular weight is 314 g/mol. The molecule has 0 aliphatic heterocycles. The predicted octanol–water partition coefficient (Wildman–Crippen LogP) is 3.43. The first-order valence-corrected chi connectivity index (χ1v) is 7.72. The van der Waals surface area contributed by atoms with Crippen LogP contribution in [0.2, 0.25) is 5.02 Å². The summed E-state index contributed by atoms with van der Waals surface area (Å²) in [4.78, 5) is 12.1. The van der Waals surface area contributed by atoms with Gasteiger partial charge in [0.2, 0.25) is 0 Å². The minimum Gasteiger partial charge on any atom is -0.481 e. The summed E-state index contributed by atoms with van der Waals surface area (Å²) in [6.45, 7) is 7.12. The lowest BCUT2D eigenvalue weighted by molar-refractivity contribution is -0.128. The van der Waals surface area contributed by atoms with Crippen LogP contribution in [0.4, 0.5) is 0 Å². The number of nitrogens with one attached hydrogen (secondary N) is 1. The Balaban J connectivity index is 2.36. The number of hydrogen-bond donors (Lipinski definition) is 1. The summed E-state index contributed by atoms with van der Waals surface area (Å²) in [6.07, 6.45) is 1.10. The van der Waals surface area contributed by atoms with E-state index in [9.17, 15) is 4.79 Å². The molecule has 0 saturated heterocycles. The molecule has 0 bridgehead atoms. The summed E-state index contributed by atoms with van der Waals surface area (Å²) < 4.78 is 11.1. The van der Waals surface area contributed by atoms with E-state index in [-0.39, 0.29) is 12.0 Å². The molecule has 0 aromatic heterocycles. The molecule has 118 valence electrons. The second-order valence-electron chi connectivity index (χ2n) is 5.04. The molecule has 1 rings (SSSR count). The molecule has 0 saturated carbocycles. The Morgan fingerprint density at radius 2 is 2.14 bits per heavy atom. The fourth-order valence-electron chi connectivity index (χ4n) is 1.74. The molecule has 0 spiro atoms. The molecule has 0 aliphatic carbocycles. The smallest absolute Gasteiger partial charge is 0.261 e. The van der Waals surface area contributed by atoms with Gasteiger partial charge in [-0.2, -0.15) is 0 Å². The third kappa shape index (κ3) is 7.34. The third-order valence-corrected chi connectivity index (χ3v) is 3.04. The lowest BCUT2D eigenvalue weighted by Crippen LogP contribution is -2.38. The Morgan fingerprint density at radius 3 is 2.76 bits per heavy atom. The Morgan fingerprint density at radius 1 is 1.38 bits per heavy atom. The van der Waals surface area contributed by atoms with Crippen LogP contribution >= 0.6 is 11.6 Å². The number of benzene rings is 1. The molecule has 0 aliphatic rings. The van der Waals surface area contributed by atoms with Crippen LogP contribution in [-0.2, 0) is 9.53 Å². The largest absolute Gasteiger partial charge is 0.481 e. The van der Waals surface area contributed by atoms with E-state index in [2.05, 4.69) is 5.32 Å². The fourth-order valence-corrected chi connectivity index (χ4v) is 1.92. The first-order chi connectivity index (χ1) is 10.0. The minimum atomic E-state index is -0.505. The molecule has 1 aromatic carbocycles. The first kappa shape index (κ1) is 17.8. The van der Waals surface area contributed by atoms with Crippen LogP contribution in [0.1, 0.15) is 33.6 Å². The van der Waals surface area contributed by atoms with Crippen LogP contribution < -0.4 is 10.1 Å². The van der Waals surface area contributed by atoms with Crippen LogP contribution in [0, 0.1) is 0 Å². The Kier molecular flexibility index (Phi) is 8.16. The molecule has 4 nitrogen and oxygen atoms in total. The third-order valence-electron chi connectivity index (χ3n) is 2.81. The number of carbonyl (C=O) groups is 1. The maximum Gasteiger partial charge on any atom is 0.261 e. The van der Waals surface area contributed by atoms with Crippen molar-refractivity contribution in [2.45, 2.75) is 45.8 Å². The number of amides is 1. The van der Waals surface area contributed by atoms with Gasteiger partial charge in [-0.05, 0) is 44.9 Å². The summed E-state index contributed by atoms with van der Waals surface area (Å²) >= 11 is 5.90. The number of hydrogen-bond acceptors (Lipinski definition) is 3. The van der Waals surface area contributed by atoms with Crippen LogP contribution in [0.5, 0.6) is 5.75 Å². The molecule has 0 unspecified atom stereocenters. The maximum absolute atomic E-state index is 12.1. The van der Waals surface area contributed by atoms with Gasteiger partial charge in [-0.25, -0.2) is 0 Å². The van der Waals surface area contributed by atoms with Gasteiger partial charge in [-0.3, -0.25) is 4.79 Å². The van der Waals surface area contributed by atoms with Crippen molar-refractivity contribution in [2.75, 3.05) is 13.2 Å². The Bertz CT molecular complexity index is 437. The second-order valence-corrected chi connectivity index (χ2v) is 5.47. The van der Waals surface area contributed by atoms with Gasteiger partial charge in [0.05, 0.1) is 6.10 Å². The van der Waals surface area contributed by atoms with Crippen molar-refractivity contribution in [1.82, 2.24) is 5.32 Å². The molecule has 1 aromatic rings. The minimum absolute atomic E-state index is 0.109. The van der Waals surface area contributed by atoms with Crippen molar-refractivity contribution in [2.24, 2.45) is 0 Å². The highest BCUT2D eigenvalue weighted by molar-refractivity contribution is 6.30. The lowest BCUT2D eigenvalue weighted by Gasteiger charge is -2.17. The molecule has 0 fully saturated rings. The van der Waals surface area contributed by atoms with Gasteiger partial charge in [0.25, 0.3) is 5.91 Å². The van der Waals surface area contributed by atoms with E-state index >= 15 is 0 Å². The molecule has 21 heavy (non-hydrogen) atoms. The topological polar surface area (TPSA) is 47.6 Å². The van der Waals surface area contributed by atoms with E-state index in [1.807, 2.05) is 20.8 Å². The summed E-state index contributed by atoms with van der Waals surface area (Å²) in [5.74, 6) is 0.495. The van der Waals surface area contributed by atoms with Gasteiger partial charge in [0, 0.05) is 18.2 Å². The first-order valence-electron chi connectivity index (χ1n) is 7.34. The fraction of sp³-hybridized carbons (Fsp3) is 0.562. The number of rotatable bonds is 9. The van der Waals surface area contributed by atoms with Crippen molar-refractivity contribution >= 4 is 17.5 Å². The van der Waals surface area contributed by atoms with E-state index in [1.165, 1.54) is 0 Å². The second kappa shape index (κ2) is 9.64. The Hall–Kier alpha value is -1.26. The summed E-state index contributed by atoms with van der Waals surface area (Å²) in [5, 5.41) is 3.46. The van der Waals surface area contributed by atoms with Crippen molar-refractivity contribution in [3.05, 3.63) is 29.3 Å². The molecule has 5 heteroatoms. The summed E-state index contributed by atoms with van der Waals surface area (Å²) in [6, 6.07) is 7.06. The van der Waals surface area contributed by atoms with Gasteiger partial charge >= 0.3 is 0 Å². The van der Waals surface area contributed by atoms with Crippen LogP contribution in [0.15, 0.2) is 24.3 Å². The SMILES string of the molecule is CC[C@@H](Oc1cccc(Cl)c1)C(=O)NCCCOC(C)C. The van der Waals surface area contributed by atoms with Gasteiger partial charge in [-0.1, -0.05) is 24.6 Å². The van der Waals surface area contributed by atoms with Crippen LogP contribution in [0.3, 0.4) is 0 Å². The molecule has 0 heterocycles.